The van der Waals surface area contributed by atoms with Gasteiger partial charge in [-0.15, -0.1) is 0 Å². The van der Waals surface area contributed by atoms with Crippen molar-refractivity contribution in [1.29, 1.82) is 0 Å². The lowest BCUT2D eigenvalue weighted by Gasteiger charge is -2.35. The van der Waals surface area contributed by atoms with Gasteiger partial charge in [-0.2, -0.15) is 4.31 Å². The van der Waals surface area contributed by atoms with Crippen molar-refractivity contribution in [3.05, 3.63) is 63.7 Å². The van der Waals surface area contributed by atoms with Gasteiger partial charge in [-0.05, 0) is 68.0 Å². The fourth-order valence-corrected chi connectivity index (χ4v) is 5.93. The Morgan fingerprint density at radius 2 is 1.22 bits per heavy atom. The van der Waals surface area contributed by atoms with Crippen molar-refractivity contribution in [3.63, 3.8) is 0 Å². The molecular weight excluding hydrogens is 356 g/mol. The van der Waals surface area contributed by atoms with Gasteiger partial charge < -0.3 is 0 Å². The maximum atomic E-state index is 13.4. The zero-order valence-corrected chi connectivity index (χ0v) is 17.9. The average molecular weight is 387 g/mol. The molecular formula is C22H30N2O2S. The van der Waals surface area contributed by atoms with Crippen LogP contribution in [0.1, 0.15) is 33.4 Å². The zero-order chi connectivity index (χ0) is 19.8. The summed E-state index contributed by atoms with van der Waals surface area (Å²) in [6.07, 6.45) is 0. The van der Waals surface area contributed by atoms with Crippen LogP contribution in [0.25, 0.3) is 0 Å². The van der Waals surface area contributed by atoms with Crippen LogP contribution in [0.5, 0.6) is 0 Å². The molecule has 0 spiro atoms. The SMILES string of the molecule is Cc1c(C)c(C)c(S(=O)(=O)N2CCN(Cc3ccccc3)CC2)c(C)c1C. The van der Waals surface area contributed by atoms with E-state index in [0.29, 0.717) is 18.0 Å². The van der Waals surface area contributed by atoms with Gasteiger partial charge in [0.15, 0.2) is 0 Å². The third-order valence-electron chi connectivity index (χ3n) is 6.11. The summed E-state index contributed by atoms with van der Waals surface area (Å²) in [7, 11) is -3.47. The Bertz CT molecular complexity index is 900. The summed E-state index contributed by atoms with van der Waals surface area (Å²) in [4.78, 5) is 2.84. The lowest BCUT2D eigenvalue weighted by atomic mass is 9.95. The molecule has 5 heteroatoms. The third kappa shape index (κ3) is 3.82. The minimum Gasteiger partial charge on any atom is -0.296 e. The molecule has 4 nitrogen and oxygen atoms in total. The van der Waals surface area contributed by atoms with Gasteiger partial charge in [0.1, 0.15) is 0 Å². The second-order valence-corrected chi connectivity index (χ2v) is 9.49. The third-order valence-corrected chi connectivity index (χ3v) is 8.28. The van der Waals surface area contributed by atoms with Crippen molar-refractivity contribution in [2.75, 3.05) is 26.2 Å². The normalized spacial score (nSPS) is 16.6. The number of rotatable bonds is 4. The predicted molar refractivity (Wildman–Crippen MR) is 111 cm³/mol. The first-order chi connectivity index (χ1) is 12.7. The highest BCUT2D eigenvalue weighted by molar-refractivity contribution is 7.89. The average Bonchev–Trinajstić information content (AvgIpc) is 2.66. The van der Waals surface area contributed by atoms with Crippen LogP contribution in [-0.4, -0.2) is 43.8 Å². The van der Waals surface area contributed by atoms with E-state index in [1.54, 1.807) is 4.31 Å². The quantitative estimate of drug-likeness (QED) is 0.804. The molecule has 2 aromatic carbocycles. The van der Waals surface area contributed by atoms with E-state index in [4.69, 9.17) is 0 Å². The molecule has 0 radical (unpaired) electrons. The molecule has 1 saturated heterocycles. The molecule has 0 unspecified atom stereocenters. The summed E-state index contributed by atoms with van der Waals surface area (Å²) in [6.45, 7) is 13.5. The van der Waals surface area contributed by atoms with E-state index in [0.717, 1.165) is 41.9 Å². The Balaban J connectivity index is 1.80. The second kappa shape index (κ2) is 7.74. The van der Waals surface area contributed by atoms with Crippen molar-refractivity contribution in [2.45, 2.75) is 46.1 Å². The van der Waals surface area contributed by atoms with Crippen LogP contribution in [0, 0.1) is 34.6 Å². The van der Waals surface area contributed by atoms with Gasteiger partial charge >= 0.3 is 0 Å². The first-order valence-corrected chi connectivity index (χ1v) is 11.0. The first-order valence-electron chi connectivity index (χ1n) is 9.57. The van der Waals surface area contributed by atoms with E-state index < -0.39 is 10.0 Å². The largest absolute Gasteiger partial charge is 0.296 e. The molecule has 146 valence electrons. The maximum absolute atomic E-state index is 13.4. The Kier molecular flexibility index (Phi) is 5.75. The second-order valence-electron chi connectivity index (χ2n) is 7.62. The highest BCUT2D eigenvalue weighted by atomic mass is 32.2. The molecule has 0 N–H and O–H groups in total. The van der Waals surface area contributed by atoms with Gasteiger partial charge in [0, 0.05) is 32.7 Å². The summed E-state index contributed by atoms with van der Waals surface area (Å²) in [6, 6.07) is 10.3. The standard InChI is InChI=1S/C22H30N2O2S/c1-16-17(2)19(4)22(20(5)18(16)3)27(25,26)24-13-11-23(12-14-24)15-21-9-7-6-8-10-21/h6-10H,11-15H2,1-5H3. The van der Waals surface area contributed by atoms with Crippen LogP contribution in [0.2, 0.25) is 0 Å². The summed E-state index contributed by atoms with van der Waals surface area (Å²) in [5, 5.41) is 0. The Morgan fingerprint density at radius 1 is 0.741 bits per heavy atom. The minimum atomic E-state index is -3.47. The van der Waals surface area contributed by atoms with Gasteiger partial charge in [-0.1, -0.05) is 30.3 Å². The summed E-state index contributed by atoms with van der Waals surface area (Å²) in [5.41, 5.74) is 6.41. The monoisotopic (exact) mass is 386 g/mol. The number of hydrogen-bond acceptors (Lipinski definition) is 3. The van der Waals surface area contributed by atoms with E-state index in [2.05, 4.69) is 24.0 Å². The van der Waals surface area contributed by atoms with E-state index >= 15 is 0 Å². The van der Waals surface area contributed by atoms with Gasteiger partial charge in [0.05, 0.1) is 4.90 Å². The van der Waals surface area contributed by atoms with Crippen LogP contribution < -0.4 is 0 Å². The van der Waals surface area contributed by atoms with E-state index in [-0.39, 0.29) is 0 Å². The molecule has 0 aromatic heterocycles. The van der Waals surface area contributed by atoms with Crippen LogP contribution >= 0.6 is 0 Å². The molecule has 3 rings (SSSR count). The number of hydrogen-bond donors (Lipinski definition) is 0. The van der Waals surface area contributed by atoms with Gasteiger partial charge in [-0.3, -0.25) is 4.90 Å². The molecule has 1 aliphatic heterocycles. The topological polar surface area (TPSA) is 40.6 Å². The van der Waals surface area contributed by atoms with Crippen molar-refractivity contribution in [1.82, 2.24) is 9.21 Å². The minimum absolute atomic E-state index is 0.514. The summed E-state index contributed by atoms with van der Waals surface area (Å²) >= 11 is 0. The maximum Gasteiger partial charge on any atom is 0.243 e. The molecule has 2 aromatic rings. The summed E-state index contributed by atoms with van der Waals surface area (Å²) in [5.74, 6) is 0. The van der Waals surface area contributed by atoms with E-state index in [1.165, 1.54) is 11.1 Å². The number of sulfonamides is 1. The van der Waals surface area contributed by atoms with Crippen molar-refractivity contribution >= 4 is 10.0 Å². The van der Waals surface area contributed by atoms with Gasteiger partial charge in [-0.25, -0.2) is 8.42 Å². The zero-order valence-electron chi connectivity index (χ0n) is 17.0. The van der Waals surface area contributed by atoms with Gasteiger partial charge in [0.2, 0.25) is 10.0 Å². The predicted octanol–water partition coefficient (Wildman–Crippen LogP) is 3.74. The lowest BCUT2D eigenvalue weighted by Crippen LogP contribution is -2.48. The number of piperazine rings is 1. The molecule has 0 saturated carbocycles. The Labute approximate surface area is 163 Å². The van der Waals surface area contributed by atoms with Crippen molar-refractivity contribution < 1.29 is 8.42 Å². The van der Waals surface area contributed by atoms with Crippen LogP contribution in [-0.2, 0) is 16.6 Å². The molecule has 1 fully saturated rings. The number of benzene rings is 2. The van der Waals surface area contributed by atoms with Crippen LogP contribution in [0.15, 0.2) is 35.2 Å². The van der Waals surface area contributed by atoms with Crippen LogP contribution in [0.3, 0.4) is 0 Å². The fraction of sp³-hybridized carbons (Fsp3) is 0.455. The van der Waals surface area contributed by atoms with Crippen molar-refractivity contribution in [2.24, 2.45) is 0 Å². The smallest absolute Gasteiger partial charge is 0.243 e. The first kappa shape index (κ1) is 20.1. The Hall–Kier alpha value is -1.69. The Morgan fingerprint density at radius 3 is 1.74 bits per heavy atom. The van der Waals surface area contributed by atoms with Crippen molar-refractivity contribution in [3.8, 4) is 0 Å². The molecule has 1 heterocycles. The molecule has 0 amide bonds. The highest BCUT2D eigenvalue weighted by Crippen LogP contribution is 2.32. The van der Waals surface area contributed by atoms with E-state index in [1.807, 2.05) is 45.9 Å². The molecule has 1 aliphatic rings. The fourth-order valence-electron chi connectivity index (χ4n) is 3.95. The van der Waals surface area contributed by atoms with Crippen LogP contribution in [0.4, 0.5) is 0 Å². The number of nitrogens with zero attached hydrogens (tertiary/aromatic N) is 2. The summed E-state index contributed by atoms with van der Waals surface area (Å²) < 4.78 is 28.5. The molecule has 0 atom stereocenters. The highest BCUT2D eigenvalue weighted by Gasteiger charge is 2.32. The van der Waals surface area contributed by atoms with Gasteiger partial charge in [0.25, 0.3) is 0 Å². The molecule has 27 heavy (non-hydrogen) atoms. The molecule has 0 bridgehead atoms. The molecule has 0 aliphatic carbocycles. The lowest BCUT2D eigenvalue weighted by molar-refractivity contribution is 0.181. The van der Waals surface area contributed by atoms with E-state index in [9.17, 15) is 8.42 Å².